The molecule has 0 aliphatic heterocycles. The summed E-state index contributed by atoms with van der Waals surface area (Å²) < 4.78 is 15.9. The summed E-state index contributed by atoms with van der Waals surface area (Å²) in [6.45, 7) is 2.06. The molecular formula is C25H21N4OP. The lowest BCUT2D eigenvalue weighted by molar-refractivity contribution is 0.586. The lowest BCUT2D eigenvalue weighted by atomic mass is 10.1. The molecule has 0 aliphatic carbocycles. The molecule has 5 nitrogen and oxygen atoms in total. The van der Waals surface area contributed by atoms with Crippen LogP contribution in [0.25, 0.3) is 16.7 Å². The molecule has 0 bridgehead atoms. The van der Waals surface area contributed by atoms with Crippen molar-refractivity contribution in [3.8, 4) is 5.82 Å². The number of para-hydroxylation sites is 1. The average molecular weight is 424 g/mol. The van der Waals surface area contributed by atoms with Crippen LogP contribution in [0.5, 0.6) is 0 Å². The van der Waals surface area contributed by atoms with Crippen LogP contribution in [-0.2, 0) is 10.7 Å². The van der Waals surface area contributed by atoms with Gasteiger partial charge in [0.15, 0.2) is 5.82 Å². The first-order valence-corrected chi connectivity index (χ1v) is 12.0. The van der Waals surface area contributed by atoms with Crippen LogP contribution in [0.4, 0.5) is 0 Å². The summed E-state index contributed by atoms with van der Waals surface area (Å²) in [6, 6.07) is 29.3. The molecule has 5 rings (SSSR count). The molecule has 0 saturated heterocycles. The van der Waals surface area contributed by atoms with Gasteiger partial charge < -0.3 is 4.57 Å². The zero-order chi connectivity index (χ0) is 21.3. The van der Waals surface area contributed by atoms with E-state index >= 15 is 0 Å². The minimum atomic E-state index is -2.91. The Kier molecular flexibility index (Phi) is 4.97. The molecule has 0 N–H and O–H groups in total. The van der Waals surface area contributed by atoms with Crippen molar-refractivity contribution in [3.63, 3.8) is 0 Å². The van der Waals surface area contributed by atoms with Crippen LogP contribution in [0.15, 0.2) is 97.2 Å². The van der Waals surface area contributed by atoms with Gasteiger partial charge in [-0.05, 0) is 24.6 Å². The fourth-order valence-electron chi connectivity index (χ4n) is 3.83. The predicted molar refractivity (Wildman–Crippen MR) is 125 cm³/mol. The molecule has 0 atom stereocenters. The Hall–Kier alpha value is -3.56. The van der Waals surface area contributed by atoms with Crippen LogP contribution < -0.4 is 10.6 Å². The predicted octanol–water partition coefficient (Wildman–Crippen LogP) is 4.64. The largest absolute Gasteiger partial charge is 0.313 e. The maximum Gasteiger partial charge on any atom is 0.156 e. The van der Waals surface area contributed by atoms with Gasteiger partial charge in [0.2, 0.25) is 0 Å². The summed E-state index contributed by atoms with van der Waals surface area (Å²) in [6.07, 6.45) is 2.13. The third-order valence-corrected chi connectivity index (χ3v) is 8.45. The van der Waals surface area contributed by atoms with Crippen LogP contribution in [0, 0.1) is 6.92 Å². The van der Waals surface area contributed by atoms with Crippen molar-refractivity contribution in [2.45, 2.75) is 13.1 Å². The molecule has 2 aromatic heterocycles. The fourth-order valence-corrected chi connectivity index (χ4v) is 6.40. The normalized spacial score (nSPS) is 11.6. The van der Waals surface area contributed by atoms with E-state index in [1.54, 1.807) is 4.68 Å². The SMILES string of the molecule is Cc1cc(-n2cc(CP(=O)(c3ccccc3)c3ccccc3)nn2)nc2ccccc12. The van der Waals surface area contributed by atoms with Crippen molar-refractivity contribution < 1.29 is 4.57 Å². The first-order chi connectivity index (χ1) is 15.1. The Bertz CT molecular complexity index is 1350. The maximum absolute atomic E-state index is 14.3. The fraction of sp³-hybridized carbons (Fsp3) is 0.0800. The quantitative estimate of drug-likeness (QED) is 0.386. The van der Waals surface area contributed by atoms with Gasteiger partial charge in [0.25, 0.3) is 0 Å². The molecule has 3 aromatic carbocycles. The molecule has 2 heterocycles. The van der Waals surface area contributed by atoms with E-state index in [2.05, 4.69) is 23.3 Å². The van der Waals surface area contributed by atoms with E-state index in [0.29, 0.717) is 17.7 Å². The first-order valence-electron chi connectivity index (χ1n) is 10.1. The van der Waals surface area contributed by atoms with Gasteiger partial charge in [0, 0.05) is 16.0 Å². The summed E-state index contributed by atoms with van der Waals surface area (Å²) in [7, 11) is -2.91. The molecular weight excluding hydrogens is 403 g/mol. The van der Waals surface area contributed by atoms with E-state index in [0.717, 1.165) is 27.1 Å². The highest BCUT2D eigenvalue weighted by atomic mass is 31.2. The molecule has 31 heavy (non-hydrogen) atoms. The Morgan fingerprint density at radius 3 is 2.13 bits per heavy atom. The van der Waals surface area contributed by atoms with Gasteiger partial charge in [0.05, 0.1) is 23.6 Å². The molecule has 0 saturated carbocycles. The van der Waals surface area contributed by atoms with Gasteiger partial charge >= 0.3 is 0 Å². The minimum absolute atomic E-state index is 0.299. The van der Waals surface area contributed by atoms with Crippen molar-refractivity contribution in [2.24, 2.45) is 0 Å². The highest BCUT2D eigenvalue weighted by molar-refractivity contribution is 7.78. The van der Waals surface area contributed by atoms with E-state index < -0.39 is 7.14 Å². The topological polar surface area (TPSA) is 60.7 Å². The Morgan fingerprint density at radius 1 is 0.839 bits per heavy atom. The Morgan fingerprint density at radius 2 is 1.45 bits per heavy atom. The van der Waals surface area contributed by atoms with Crippen molar-refractivity contribution in [3.05, 3.63) is 108 Å². The number of aryl methyl sites for hydroxylation is 1. The van der Waals surface area contributed by atoms with E-state index in [1.165, 1.54) is 0 Å². The first kappa shape index (κ1) is 19.4. The molecule has 0 spiro atoms. The highest BCUT2D eigenvalue weighted by Crippen LogP contribution is 2.46. The molecule has 5 aromatic rings. The van der Waals surface area contributed by atoms with E-state index in [4.69, 9.17) is 4.98 Å². The van der Waals surface area contributed by atoms with Gasteiger partial charge in [0.1, 0.15) is 7.14 Å². The molecule has 0 radical (unpaired) electrons. The van der Waals surface area contributed by atoms with Gasteiger partial charge in [-0.2, -0.15) is 0 Å². The van der Waals surface area contributed by atoms with Gasteiger partial charge in [-0.25, -0.2) is 9.67 Å². The lowest BCUT2D eigenvalue weighted by Crippen LogP contribution is -2.17. The van der Waals surface area contributed by atoms with Gasteiger partial charge in [-0.3, -0.25) is 0 Å². The Balaban J connectivity index is 1.54. The second kappa shape index (κ2) is 7.93. The standard InChI is InChI=1S/C25H21N4OP/c1-19-16-25(26-24-15-9-8-14-23(19)24)29-17-20(27-28-29)18-31(30,21-10-4-2-5-11-21)22-12-6-3-7-13-22/h2-17H,18H2,1H3. The molecule has 6 heteroatoms. The van der Waals surface area contributed by atoms with Crippen molar-refractivity contribution in [1.82, 2.24) is 20.0 Å². The second-order valence-corrected chi connectivity index (χ2v) is 10.4. The van der Waals surface area contributed by atoms with E-state index in [1.807, 2.05) is 91.1 Å². The average Bonchev–Trinajstić information content (AvgIpc) is 3.28. The zero-order valence-corrected chi connectivity index (χ0v) is 18.0. The van der Waals surface area contributed by atoms with Crippen molar-refractivity contribution >= 4 is 28.7 Å². The number of hydrogen-bond acceptors (Lipinski definition) is 4. The number of benzene rings is 3. The summed E-state index contributed by atoms with van der Waals surface area (Å²) in [5.41, 5.74) is 2.70. The Labute approximate surface area is 180 Å². The molecule has 0 fully saturated rings. The van der Waals surface area contributed by atoms with E-state index in [-0.39, 0.29) is 0 Å². The monoisotopic (exact) mass is 424 g/mol. The third kappa shape index (κ3) is 3.69. The van der Waals surface area contributed by atoms with Gasteiger partial charge in [-0.15, -0.1) is 5.10 Å². The number of hydrogen-bond donors (Lipinski definition) is 0. The van der Waals surface area contributed by atoms with E-state index in [9.17, 15) is 4.57 Å². The van der Waals surface area contributed by atoms with Crippen LogP contribution >= 0.6 is 7.14 Å². The van der Waals surface area contributed by atoms with Crippen molar-refractivity contribution in [2.75, 3.05) is 0 Å². The zero-order valence-electron chi connectivity index (χ0n) is 17.1. The molecule has 152 valence electrons. The summed E-state index contributed by atoms with van der Waals surface area (Å²) in [4.78, 5) is 4.72. The van der Waals surface area contributed by atoms with Crippen molar-refractivity contribution in [1.29, 1.82) is 0 Å². The number of pyridine rings is 1. The number of aromatic nitrogens is 4. The number of rotatable bonds is 5. The van der Waals surface area contributed by atoms with Crippen LogP contribution in [-0.4, -0.2) is 20.0 Å². The molecule has 0 unspecified atom stereocenters. The molecule has 0 aliphatic rings. The second-order valence-electron chi connectivity index (χ2n) is 7.54. The lowest BCUT2D eigenvalue weighted by Gasteiger charge is -2.18. The van der Waals surface area contributed by atoms with Crippen LogP contribution in [0.3, 0.4) is 0 Å². The minimum Gasteiger partial charge on any atom is -0.313 e. The van der Waals surface area contributed by atoms with Crippen LogP contribution in [0.2, 0.25) is 0 Å². The number of nitrogens with zero attached hydrogens (tertiary/aromatic N) is 4. The molecule has 0 amide bonds. The summed E-state index contributed by atoms with van der Waals surface area (Å²) in [5, 5.41) is 11.4. The van der Waals surface area contributed by atoms with Gasteiger partial charge in [-0.1, -0.05) is 84.1 Å². The maximum atomic E-state index is 14.3. The highest BCUT2D eigenvalue weighted by Gasteiger charge is 2.28. The number of fused-ring (bicyclic) bond motifs is 1. The van der Waals surface area contributed by atoms with Crippen LogP contribution in [0.1, 0.15) is 11.3 Å². The smallest absolute Gasteiger partial charge is 0.156 e. The summed E-state index contributed by atoms with van der Waals surface area (Å²) >= 11 is 0. The third-order valence-electron chi connectivity index (χ3n) is 5.42. The summed E-state index contributed by atoms with van der Waals surface area (Å²) in [5.74, 6) is 0.698.